The largest absolute Gasteiger partial charge is 0.480 e. The van der Waals surface area contributed by atoms with Gasteiger partial charge in [-0.1, -0.05) is 0 Å². The minimum absolute atomic E-state index is 0.376. The second-order valence-corrected chi connectivity index (χ2v) is 4.26. The van der Waals surface area contributed by atoms with Crippen LogP contribution in [0.5, 0.6) is 5.88 Å². The Morgan fingerprint density at radius 3 is 2.67 bits per heavy atom. The van der Waals surface area contributed by atoms with Gasteiger partial charge in [-0.05, 0) is 36.7 Å². The molecule has 0 fully saturated rings. The topological polar surface area (TPSA) is 38.2 Å². The van der Waals surface area contributed by atoms with Crippen LogP contribution in [-0.4, -0.2) is 29.7 Å². The van der Waals surface area contributed by atoms with Crippen molar-refractivity contribution in [1.29, 1.82) is 0 Å². The highest BCUT2D eigenvalue weighted by Gasteiger charge is 2.13. The summed E-state index contributed by atoms with van der Waals surface area (Å²) in [5, 5.41) is 0. The van der Waals surface area contributed by atoms with Gasteiger partial charge in [-0.15, -0.1) is 0 Å². The first-order chi connectivity index (χ1) is 7.10. The lowest BCUT2D eigenvalue weighted by Crippen LogP contribution is -2.32. The standard InChI is InChI=1S/C10H16BrN3O/c1-5-14(7(2)3)10-12-6-8(11)9(13-10)15-4/h6-7H,5H2,1-4H3. The van der Waals surface area contributed by atoms with Crippen molar-refractivity contribution in [3.05, 3.63) is 10.7 Å². The molecular weight excluding hydrogens is 258 g/mol. The third-order valence-corrected chi connectivity index (χ3v) is 2.66. The molecule has 1 rings (SSSR count). The summed E-state index contributed by atoms with van der Waals surface area (Å²) >= 11 is 3.33. The number of hydrogen-bond acceptors (Lipinski definition) is 4. The normalized spacial score (nSPS) is 10.5. The minimum Gasteiger partial charge on any atom is -0.480 e. The van der Waals surface area contributed by atoms with Gasteiger partial charge >= 0.3 is 0 Å². The number of ether oxygens (including phenoxy) is 1. The molecule has 84 valence electrons. The molecule has 0 N–H and O–H groups in total. The Balaban J connectivity index is 3.03. The molecule has 0 unspecified atom stereocenters. The first-order valence-corrected chi connectivity index (χ1v) is 5.72. The van der Waals surface area contributed by atoms with Crippen molar-refractivity contribution in [3.63, 3.8) is 0 Å². The van der Waals surface area contributed by atoms with Crippen LogP contribution in [0.3, 0.4) is 0 Å². The number of hydrogen-bond donors (Lipinski definition) is 0. The maximum Gasteiger partial charge on any atom is 0.232 e. The van der Waals surface area contributed by atoms with E-state index in [-0.39, 0.29) is 0 Å². The van der Waals surface area contributed by atoms with Gasteiger partial charge in [-0.2, -0.15) is 4.98 Å². The zero-order chi connectivity index (χ0) is 11.4. The van der Waals surface area contributed by atoms with Gasteiger partial charge in [0, 0.05) is 12.6 Å². The Labute approximate surface area is 98.8 Å². The molecule has 0 aliphatic carbocycles. The lowest BCUT2D eigenvalue weighted by atomic mass is 10.3. The number of methoxy groups -OCH3 is 1. The first kappa shape index (κ1) is 12.2. The molecule has 5 heteroatoms. The molecule has 0 aliphatic heterocycles. The summed E-state index contributed by atoms with van der Waals surface area (Å²) in [5.74, 6) is 1.27. The Hall–Kier alpha value is -0.840. The third-order valence-electron chi connectivity index (χ3n) is 2.11. The SMILES string of the molecule is CCN(c1ncc(Br)c(OC)n1)C(C)C. The molecule has 15 heavy (non-hydrogen) atoms. The van der Waals surface area contributed by atoms with E-state index in [1.807, 2.05) is 0 Å². The monoisotopic (exact) mass is 273 g/mol. The zero-order valence-corrected chi connectivity index (χ0v) is 11.1. The van der Waals surface area contributed by atoms with E-state index in [9.17, 15) is 0 Å². The van der Waals surface area contributed by atoms with E-state index in [1.54, 1.807) is 13.3 Å². The maximum atomic E-state index is 5.14. The Bertz CT molecular complexity index is 330. The van der Waals surface area contributed by atoms with Crippen molar-refractivity contribution in [2.24, 2.45) is 0 Å². The molecule has 0 saturated carbocycles. The third kappa shape index (κ3) is 2.81. The van der Waals surface area contributed by atoms with Crippen LogP contribution in [0.2, 0.25) is 0 Å². The van der Waals surface area contributed by atoms with Crippen LogP contribution in [0.4, 0.5) is 5.95 Å². The van der Waals surface area contributed by atoms with Gasteiger partial charge in [-0.25, -0.2) is 4.98 Å². The van der Waals surface area contributed by atoms with Gasteiger partial charge in [0.1, 0.15) is 0 Å². The fraction of sp³-hybridized carbons (Fsp3) is 0.600. The van der Waals surface area contributed by atoms with Gasteiger partial charge in [0.15, 0.2) is 0 Å². The number of aromatic nitrogens is 2. The fourth-order valence-corrected chi connectivity index (χ4v) is 1.71. The average molecular weight is 274 g/mol. The second-order valence-electron chi connectivity index (χ2n) is 3.41. The smallest absolute Gasteiger partial charge is 0.232 e. The maximum absolute atomic E-state index is 5.14. The van der Waals surface area contributed by atoms with Crippen LogP contribution in [0, 0.1) is 0 Å². The van der Waals surface area contributed by atoms with Crippen molar-refractivity contribution in [3.8, 4) is 5.88 Å². The molecule has 0 aromatic carbocycles. The van der Waals surface area contributed by atoms with E-state index in [2.05, 4.69) is 51.6 Å². The number of halogens is 1. The van der Waals surface area contributed by atoms with Gasteiger partial charge in [0.25, 0.3) is 0 Å². The first-order valence-electron chi connectivity index (χ1n) is 4.93. The summed E-state index contributed by atoms with van der Waals surface area (Å²) in [4.78, 5) is 10.7. The van der Waals surface area contributed by atoms with Crippen molar-refractivity contribution in [2.45, 2.75) is 26.8 Å². The predicted molar refractivity (Wildman–Crippen MR) is 64.4 cm³/mol. The van der Waals surface area contributed by atoms with E-state index < -0.39 is 0 Å². The van der Waals surface area contributed by atoms with Crippen LogP contribution < -0.4 is 9.64 Å². The van der Waals surface area contributed by atoms with Gasteiger partial charge in [-0.3, -0.25) is 0 Å². The highest BCUT2D eigenvalue weighted by molar-refractivity contribution is 9.10. The van der Waals surface area contributed by atoms with Gasteiger partial charge < -0.3 is 9.64 Å². The highest BCUT2D eigenvalue weighted by atomic mass is 79.9. The van der Waals surface area contributed by atoms with Crippen LogP contribution in [0.15, 0.2) is 10.7 Å². The number of anilines is 1. The van der Waals surface area contributed by atoms with Crippen molar-refractivity contribution < 1.29 is 4.74 Å². The van der Waals surface area contributed by atoms with Crippen LogP contribution in [0.25, 0.3) is 0 Å². The summed E-state index contributed by atoms with van der Waals surface area (Å²) in [6, 6.07) is 0.376. The molecule has 0 saturated heterocycles. The number of nitrogens with zero attached hydrogens (tertiary/aromatic N) is 3. The molecule has 1 heterocycles. The molecule has 0 atom stereocenters. The minimum atomic E-state index is 0.376. The van der Waals surface area contributed by atoms with Gasteiger partial charge in [0.2, 0.25) is 11.8 Å². The number of rotatable bonds is 4. The quantitative estimate of drug-likeness (QED) is 0.845. The van der Waals surface area contributed by atoms with Crippen LogP contribution >= 0.6 is 15.9 Å². The fourth-order valence-electron chi connectivity index (χ4n) is 1.36. The molecule has 1 aromatic rings. The Kier molecular flexibility index (Phi) is 4.32. The molecule has 0 amide bonds. The predicted octanol–water partition coefficient (Wildman–Crippen LogP) is 2.48. The summed E-state index contributed by atoms with van der Waals surface area (Å²) in [7, 11) is 1.60. The molecule has 1 aromatic heterocycles. The Morgan fingerprint density at radius 2 is 2.20 bits per heavy atom. The van der Waals surface area contributed by atoms with Crippen molar-refractivity contribution >= 4 is 21.9 Å². The van der Waals surface area contributed by atoms with E-state index in [0.29, 0.717) is 17.9 Å². The Morgan fingerprint density at radius 1 is 1.53 bits per heavy atom. The molecule has 0 spiro atoms. The molecule has 4 nitrogen and oxygen atoms in total. The van der Waals surface area contributed by atoms with E-state index in [0.717, 1.165) is 11.0 Å². The lowest BCUT2D eigenvalue weighted by Gasteiger charge is -2.25. The van der Waals surface area contributed by atoms with Gasteiger partial charge in [0.05, 0.1) is 17.8 Å². The summed E-state index contributed by atoms with van der Waals surface area (Å²) in [6.45, 7) is 7.18. The van der Waals surface area contributed by atoms with Crippen molar-refractivity contribution in [1.82, 2.24) is 9.97 Å². The van der Waals surface area contributed by atoms with Crippen LogP contribution in [0.1, 0.15) is 20.8 Å². The van der Waals surface area contributed by atoms with Crippen molar-refractivity contribution in [2.75, 3.05) is 18.6 Å². The van der Waals surface area contributed by atoms with E-state index in [4.69, 9.17) is 4.74 Å². The lowest BCUT2D eigenvalue weighted by molar-refractivity contribution is 0.393. The molecule has 0 bridgehead atoms. The summed E-state index contributed by atoms with van der Waals surface area (Å²) in [5.41, 5.74) is 0. The summed E-state index contributed by atoms with van der Waals surface area (Å²) in [6.07, 6.45) is 1.71. The second kappa shape index (κ2) is 5.30. The highest BCUT2D eigenvalue weighted by Crippen LogP contribution is 2.23. The molecule has 0 aliphatic rings. The molecule has 0 radical (unpaired) electrons. The zero-order valence-electron chi connectivity index (χ0n) is 9.49. The van der Waals surface area contributed by atoms with Crippen LogP contribution in [-0.2, 0) is 0 Å². The molecular formula is C10H16BrN3O. The van der Waals surface area contributed by atoms with E-state index >= 15 is 0 Å². The average Bonchev–Trinajstić information content (AvgIpc) is 2.21. The summed E-state index contributed by atoms with van der Waals surface area (Å²) < 4.78 is 5.91. The van der Waals surface area contributed by atoms with E-state index in [1.165, 1.54) is 0 Å².